The molecule has 0 radical (unpaired) electrons. The highest BCUT2D eigenvalue weighted by molar-refractivity contribution is 7.10. The van der Waals surface area contributed by atoms with Crippen molar-refractivity contribution >= 4 is 28.8 Å². The summed E-state index contributed by atoms with van der Waals surface area (Å²) >= 11 is 1.56. The highest BCUT2D eigenvalue weighted by atomic mass is 32.1. The molecule has 3 heterocycles. The molecule has 0 bridgehead atoms. The molecule has 0 saturated carbocycles. The third kappa shape index (κ3) is 1.87. The van der Waals surface area contributed by atoms with Crippen molar-refractivity contribution in [1.29, 1.82) is 0 Å². The van der Waals surface area contributed by atoms with Gasteiger partial charge in [-0.25, -0.2) is 5.06 Å². The first-order valence-electron chi connectivity index (χ1n) is 6.65. The number of benzene rings is 1. The molecule has 3 atom stereocenters. The van der Waals surface area contributed by atoms with Crippen LogP contribution in [0.2, 0.25) is 0 Å². The topological polar surface area (TPSA) is 58.6 Å². The smallest absolute Gasteiger partial charge is 0.259 e. The van der Waals surface area contributed by atoms with E-state index in [-0.39, 0.29) is 17.9 Å². The van der Waals surface area contributed by atoms with Crippen molar-refractivity contribution in [2.75, 3.05) is 5.06 Å². The fourth-order valence-corrected chi connectivity index (χ4v) is 3.73. The number of rotatable bonds is 2. The first-order valence-corrected chi connectivity index (χ1v) is 7.53. The lowest BCUT2D eigenvalue weighted by Gasteiger charge is -2.25. The molecule has 0 aliphatic carbocycles. The van der Waals surface area contributed by atoms with Crippen molar-refractivity contribution in [3.05, 3.63) is 52.7 Å². The van der Waals surface area contributed by atoms with E-state index in [0.717, 1.165) is 10.6 Å². The van der Waals surface area contributed by atoms with E-state index in [4.69, 9.17) is 4.84 Å². The predicted molar refractivity (Wildman–Crippen MR) is 77.5 cm³/mol. The van der Waals surface area contributed by atoms with Crippen LogP contribution in [-0.4, -0.2) is 17.9 Å². The van der Waals surface area contributed by atoms with Gasteiger partial charge in [-0.15, -0.1) is 11.3 Å². The van der Waals surface area contributed by atoms with E-state index in [1.165, 1.54) is 0 Å². The number of para-hydroxylation sites is 1. The van der Waals surface area contributed by atoms with Crippen LogP contribution in [0, 0.1) is 5.92 Å². The molecule has 1 aromatic carbocycles. The van der Waals surface area contributed by atoms with Crippen molar-refractivity contribution < 1.29 is 14.4 Å². The third-order valence-corrected chi connectivity index (χ3v) is 4.74. The third-order valence-electron chi connectivity index (χ3n) is 3.80. The number of carbonyl (C=O) groups is 2. The maximum Gasteiger partial charge on any atom is 0.259 e. The molecule has 2 fully saturated rings. The lowest BCUT2D eigenvalue weighted by molar-refractivity contribution is -0.129. The molecule has 2 aliphatic heterocycles. The van der Waals surface area contributed by atoms with Crippen LogP contribution >= 0.6 is 11.3 Å². The van der Waals surface area contributed by atoms with Gasteiger partial charge in [0.05, 0.1) is 5.69 Å². The van der Waals surface area contributed by atoms with E-state index >= 15 is 0 Å². The predicted octanol–water partition coefficient (Wildman–Crippen LogP) is 1.88. The highest BCUT2D eigenvalue weighted by Gasteiger charge is 2.56. The molecular formula is C15H12N2O3S. The molecule has 6 heteroatoms. The quantitative estimate of drug-likeness (QED) is 0.860. The number of hydrogen-bond donors (Lipinski definition) is 1. The number of fused-ring (bicyclic) bond motifs is 1. The summed E-state index contributed by atoms with van der Waals surface area (Å²) in [6, 6.07) is 13.2. The number of hydroxylamine groups is 1. The molecule has 4 rings (SSSR count). The van der Waals surface area contributed by atoms with Crippen LogP contribution < -0.4 is 10.4 Å². The molecular weight excluding hydrogens is 288 g/mol. The summed E-state index contributed by atoms with van der Waals surface area (Å²) < 4.78 is 0. The zero-order valence-electron chi connectivity index (χ0n) is 10.9. The van der Waals surface area contributed by atoms with E-state index in [1.54, 1.807) is 16.4 Å². The molecule has 21 heavy (non-hydrogen) atoms. The van der Waals surface area contributed by atoms with Gasteiger partial charge in [0, 0.05) is 4.88 Å². The summed E-state index contributed by atoms with van der Waals surface area (Å²) in [6.45, 7) is 0. The van der Waals surface area contributed by atoms with E-state index in [9.17, 15) is 9.59 Å². The lowest BCUT2D eigenvalue weighted by atomic mass is 9.95. The van der Waals surface area contributed by atoms with Gasteiger partial charge in [0.25, 0.3) is 5.91 Å². The Labute approximate surface area is 125 Å². The molecule has 2 saturated heterocycles. The number of imide groups is 1. The minimum atomic E-state index is -0.746. The van der Waals surface area contributed by atoms with Gasteiger partial charge in [0.1, 0.15) is 12.0 Å². The summed E-state index contributed by atoms with van der Waals surface area (Å²) in [6.07, 6.45) is -0.746. The monoisotopic (exact) mass is 300 g/mol. The molecule has 0 spiro atoms. The van der Waals surface area contributed by atoms with E-state index in [2.05, 4.69) is 5.32 Å². The number of amides is 2. The molecule has 2 aliphatic rings. The van der Waals surface area contributed by atoms with Crippen LogP contribution in [0.25, 0.3) is 0 Å². The Morgan fingerprint density at radius 2 is 1.86 bits per heavy atom. The van der Waals surface area contributed by atoms with Crippen molar-refractivity contribution in [1.82, 2.24) is 5.32 Å². The van der Waals surface area contributed by atoms with Crippen molar-refractivity contribution in [3.63, 3.8) is 0 Å². The van der Waals surface area contributed by atoms with Gasteiger partial charge >= 0.3 is 0 Å². The second-order valence-electron chi connectivity index (χ2n) is 5.03. The van der Waals surface area contributed by atoms with E-state index in [0.29, 0.717) is 0 Å². The van der Waals surface area contributed by atoms with Crippen LogP contribution in [0.15, 0.2) is 47.8 Å². The van der Waals surface area contributed by atoms with Crippen LogP contribution in [0.4, 0.5) is 5.69 Å². The van der Waals surface area contributed by atoms with Crippen molar-refractivity contribution in [2.45, 2.75) is 12.1 Å². The van der Waals surface area contributed by atoms with Crippen LogP contribution in [0.3, 0.4) is 0 Å². The standard InChI is InChI=1S/C15H12N2O3S/c18-14-11-12(10-7-4-8-21-10)17(9-5-2-1-3-6-9)20-13(11)15(19)16-14/h1-8,11-13H,(H,16,18,19)/t11-,12+,13+/m0/s1. The summed E-state index contributed by atoms with van der Waals surface area (Å²) in [5.41, 5.74) is 0.839. The van der Waals surface area contributed by atoms with Gasteiger partial charge in [0.15, 0.2) is 6.10 Å². The molecule has 1 N–H and O–H groups in total. The average Bonchev–Trinajstić information content (AvgIpc) is 3.19. The van der Waals surface area contributed by atoms with Gasteiger partial charge in [-0.3, -0.25) is 19.7 Å². The Morgan fingerprint density at radius 1 is 1.05 bits per heavy atom. The first kappa shape index (κ1) is 12.6. The Morgan fingerprint density at radius 3 is 2.57 bits per heavy atom. The fraction of sp³-hybridized carbons (Fsp3) is 0.200. The summed E-state index contributed by atoms with van der Waals surface area (Å²) in [7, 11) is 0. The van der Waals surface area contributed by atoms with E-state index < -0.39 is 12.0 Å². The minimum absolute atomic E-state index is 0.262. The van der Waals surface area contributed by atoms with Gasteiger partial charge in [-0.1, -0.05) is 24.3 Å². The number of nitrogens with one attached hydrogen (secondary N) is 1. The van der Waals surface area contributed by atoms with Gasteiger partial charge in [-0.05, 0) is 23.6 Å². The normalized spacial score (nSPS) is 27.8. The number of anilines is 1. The van der Waals surface area contributed by atoms with Crippen molar-refractivity contribution in [2.24, 2.45) is 5.92 Å². The fourth-order valence-electron chi connectivity index (χ4n) is 2.88. The average molecular weight is 300 g/mol. The first-order chi connectivity index (χ1) is 10.3. The molecule has 1 aromatic heterocycles. The number of carbonyl (C=O) groups excluding carboxylic acids is 2. The lowest BCUT2D eigenvalue weighted by Crippen LogP contribution is -2.32. The molecule has 2 aromatic rings. The van der Waals surface area contributed by atoms with Gasteiger partial charge in [0.2, 0.25) is 5.91 Å². The van der Waals surface area contributed by atoms with Crippen LogP contribution in [-0.2, 0) is 14.4 Å². The number of nitrogens with zero attached hydrogens (tertiary/aromatic N) is 1. The second-order valence-corrected chi connectivity index (χ2v) is 6.01. The Hall–Kier alpha value is -2.18. The molecule has 0 unspecified atom stereocenters. The largest absolute Gasteiger partial charge is 0.294 e. The number of thiophene rings is 1. The Bertz CT molecular complexity index is 686. The Kier molecular flexibility index (Phi) is 2.80. The van der Waals surface area contributed by atoms with E-state index in [1.807, 2.05) is 47.8 Å². The molecule has 5 nitrogen and oxygen atoms in total. The molecule has 2 amide bonds. The van der Waals surface area contributed by atoms with Gasteiger partial charge < -0.3 is 0 Å². The maximum absolute atomic E-state index is 12.1. The summed E-state index contributed by atoms with van der Waals surface area (Å²) in [5, 5.41) is 6.01. The van der Waals surface area contributed by atoms with Crippen LogP contribution in [0.1, 0.15) is 10.9 Å². The van der Waals surface area contributed by atoms with Gasteiger partial charge in [-0.2, -0.15) is 0 Å². The zero-order chi connectivity index (χ0) is 14.4. The summed E-state index contributed by atoms with van der Waals surface area (Å²) in [5.74, 6) is -1.12. The molecule has 106 valence electrons. The van der Waals surface area contributed by atoms with Crippen LogP contribution in [0.5, 0.6) is 0 Å². The SMILES string of the molecule is O=C1NC(=O)[C@@H]2ON(c3ccccc3)[C@H](c3cccs3)[C@H]12. The highest BCUT2D eigenvalue weighted by Crippen LogP contribution is 2.45. The summed E-state index contributed by atoms with van der Waals surface area (Å²) in [4.78, 5) is 30.8. The second kappa shape index (κ2) is 4.68. The Balaban J connectivity index is 1.80. The number of hydrogen-bond acceptors (Lipinski definition) is 5. The van der Waals surface area contributed by atoms with Crippen molar-refractivity contribution in [3.8, 4) is 0 Å². The maximum atomic E-state index is 12.1. The zero-order valence-corrected chi connectivity index (χ0v) is 11.7. The minimum Gasteiger partial charge on any atom is -0.294 e.